The summed E-state index contributed by atoms with van der Waals surface area (Å²) in [5.74, 6) is 0.288. The lowest BCUT2D eigenvalue weighted by atomic mass is 9.80. The van der Waals surface area contributed by atoms with Gasteiger partial charge in [0.1, 0.15) is 0 Å². The number of nitroso groups, excluding NO2 is 1. The summed E-state index contributed by atoms with van der Waals surface area (Å²) in [6, 6.07) is -1.34. The molecule has 1 rings (SSSR count). The topological polar surface area (TPSA) is 75.8 Å². The van der Waals surface area contributed by atoms with Gasteiger partial charge in [-0.3, -0.25) is 4.79 Å². The van der Waals surface area contributed by atoms with Crippen LogP contribution in [0.5, 0.6) is 0 Å². The number of nitrogens with two attached hydrogens (primary N) is 1. The monoisotopic (exact) mass is 213 g/mol. The van der Waals surface area contributed by atoms with E-state index in [-0.39, 0.29) is 5.91 Å². The number of hydrogen-bond acceptors (Lipinski definition) is 4. The van der Waals surface area contributed by atoms with Crippen molar-refractivity contribution in [2.75, 3.05) is 14.1 Å². The molecule has 0 aromatic heterocycles. The predicted octanol–water partition coefficient (Wildman–Crippen LogP) is 0.727. The summed E-state index contributed by atoms with van der Waals surface area (Å²) in [5.41, 5.74) is 5.84. The van der Waals surface area contributed by atoms with E-state index in [1.807, 2.05) is 0 Å². The Morgan fingerprint density at radius 2 is 2.13 bits per heavy atom. The summed E-state index contributed by atoms with van der Waals surface area (Å²) in [6.45, 7) is 0. The van der Waals surface area contributed by atoms with E-state index in [4.69, 9.17) is 5.73 Å². The molecule has 0 aromatic carbocycles. The minimum atomic E-state index is -0.916. The van der Waals surface area contributed by atoms with Crippen molar-refractivity contribution in [2.24, 2.45) is 16.8 Å². The molecule has 1 amide bonds. The minimum Gasteiger partial charge on any atom is -0.347 e. The molecule has 1 fully saturated rings. The molecular weight excluding hydrogens is 194 g/mol. The van der Waals surface area contributed by atoms with E-state index in [0.29, 0.717) is 5.92 Å². The van der Waals surface area contributed by atoms with Crippen LogP contribution >= 0.6 is 0 Å². The number of hydrogen-bond donors (Lipinski definition) is 1. The normalized spacial score (nSPS) is 20.2. The number of carbonyl (C=O) groups is 1. The molecule has 0 aromatic rings. The SMILES string of the molecule is CN(C)C(=O)C(N=O)C(N)CC1CCC1. The van der Waals surface area contributed by atoms with Crippen LogP contribution in [0.2, 0.25) is 0 Å². The third kappa shape index (κ3) is 2.99. The van der Waals surface area contributed by atoms with Crippen LogP contribution in [0.1, 0.15) is 25.7 Å². The fourth-order valence-corrected chi connectivity index (χ4v) is 1.81. The van der Waals surface area contributed by atoms with E-state index in [1.165, 1.54) is 11.3 Å². The molecule has 1 saturated carbocycles. The van der Waals surface area contributed by atoms with Crippen LogP contribution < -0.4 is 5.73 Å². The highest BCUT2D eigenvalue weighted by Crippen LogP contribution is 2.30. The van der Waals surface area contributed by atoms with Crippen LogP contribution in [0.3, 0.4) is 0 Å². The van der Waals surface area contributed by atoms with Gasteiger partial charge in [0.15, 0.2) is 6.04 Å². The van der Waals surface area contributed by atoms with Crippen molar-refractivity contribution >= 4 is 5.91 Å². The van der Waals surface area contributed by atoms with E-state index in [2.05, 4.69) is 5.18 Å². The lowest BCUT2D eigenvalue weighted by molar-refractivity contribution is -0.130. The molecule has 86 valence electrons. The fraction of sp³-hybridized carbons (Fsp3) is 0.900. The van der Waals surface area contributed by atoms with Crippen LogP contribution in [-0.2, 0) is 4.79 Å². The lowest BCUT2D eigenvalue weighted by Gasteiger charge is -2.29. The van der Waals surface area contributed by atoms with E-state index in [9.17, 15) is 9.70 Å². The van der Waals surface area contributed by atoms with Crippen LogP contribution in [-0.4, -0.2) is 37.0 Å². The van der Waals surface area contributed by atoms with Gasteiger partial charge in [-0.1, -0.05) is 24.4 Å². The van der Waals surface area contributed by atoms with Gasteiger partial charge in [0, 0.05) is 20.1 Å². The van der Waals surface area contributed by atoms with Gasteiger partial charge >= 0.3 is 0 Å². The van der Waals surface area contributed by atoms with Crippen molar-refractivity contribution in [3.05, 3.63) is 4.91 Å². The van der Waals surface area contributed by atoms with Gasteiger partial charge < -0.3 is 10.6 Å². The third-order valence-electron chi connectivity index (χ3n) is 3.04. The van der Waals surface area contributed by atoms with Gasteiger partial charge in [-0.2, -0.15) is 0 Å². The molecule has 2 atom stereocenters. The maximum Gasteiger partial charge on any atom is 0.252 e. The summed E-state index contributed by atoms with van der Waals surface area (Å²) >= 11 is 0. The second-order valence-corrected chi connectivity index (χ2v) is 4.48. The van der Waals surface area contributed by atoms with Crippen LogP contribution in [0.15, 0.2) is 5.18 Å². The first-order chi connectivity index (χ1) is 7.06. The van der Waals surface area contributed by atoms with E-state index >= 15 is 0 Å². The smallest absolute Gasteiger partial charge is 0.252 e. The number of nitrogens with zero attached hydrogens (tertiary/aromatic N) is 2. The molecule has 5 heteroatoms. The zero-order valence-electron chi connectivity index (χ0n) is 9.35. The largest absolute Gasteiger partial charge is 0.347 e. The predicted molar refractivity (Wildman–Crippen MR) is 58.2 cm³/mol. The Kier molecular flexibility index (Phi) is 4.20. The molecule has 15 heavy (non-hydrogen) atoms. The summed E-state index contributed by atoms with van der Waals surface area (Å²) < 4.78 is 0. The van der Waals surface area contributed by atoms with Gasteiger partial charge in [0.05, 0.1) is 0 Å². The van der Waals surface area contributed by atoms with Crippen molar-refractivity contribution < 1.29 is 4.79 Å². The van der Waals surface area contributed by atoms with Crippen molar-refractivity contribution in [2.45, 2.75) is 37.8 Å². The number of carbonyl (C=O) groups excluding carboxylic acids is 1. The average Bonchev–Trinajstić information content (AvgIpc) is 2.12. The van der Waals surface area contributed by atoms with Gasteiger partial charge in [0.25, 0.3) is 5.91 Å². The maximum absolute atomic E-state index is 11.6. The van der Waals surface area contributed by atoms with Crippen molar-refractivity contribution in [3.8, 4) is 0 Å². The average molecular weight is 213 g/mol. The van der Waals surface area contributed by atoms with Crippen LogP contribution in [0.4, 0.5) is 0 Å². The molecule has 2 N–H and O–H groups in total. The Morgan fingerprint density at radius 3 is 2.47 bits per heavy atom. The van der Waals surface area contributed by atoms with Crippen LogP contribution in [0, 0.1) is 10.8 Å². The second-order valence-electron chi connectivity index (χ2n) is 4.48. The highest BCUT2D eigenvalue weighted by Gasteiger charge is 2.31. The fourth-order valence-electron chi connectivity index (χ4n) is 1.81. The Labute approximate surface area is 90.0 Å². The zero-order valence-corrected chi connectivity index (χ0v) is 9.35. The Bertz CT molecular complexity index is 239. The Morgan fingerprint density at radius 1 is 1.53 bits per heavy atom. The highest BCUT2D eigenvalue weighted by atomic mass is 16.3. The van der Waals surface area contributed by atoms with Gasteiger partial charge in [-0.15, -0.1) is 4.91 Å². The quantitative estimate of drug-likeness (QED) is 0.684. The summed E-state index contributed by atoms with van der Waals surface area (Å²) in [4.78, 5) is 23.5. The summed E-state index contributed by atoms with van der Waals surface area (Å²) in [7, 11) is 3.22. The molecule has 1 aliphatic rings. The first kappa shape index (κ1) is 12.1. The Hall–Kier alpha value is -0.970. The molecule has 0 spiro atoms. The molecule has 0 aliphatic heterocycles. The molecule has 0 saturated heterocycles. The number of amides is 1. The van der Waals surface area contributed by atoms with Crippen molar-refractivity contribution in [3.63, 3.8) is 0 Å². The second kappa shape index (κ2) is 5.21. The van der Waals surface area contributed by atoms with Gasteiger partial charge in [-0.05, 0) is 12.3 Å². The van der Waals surface area contributed by atoms with E-state index in [0.717, 1.165) is 19.3 Å². The van der Waals surface area contributed by atoms with Crippen molar-refractivity contribution in [1.82, 2.24) is 4.90 Å². The van der Waals surface area contributed by atoms with E-state index < -0.39 is 12.1 Å². The molecule has 0 heterocycles. The molecule has 0 bridgehead atoms. The molecule has 2 unspecified atom stereocenters. The van der Waals surface area contributed by atoms with Crippen molar-refractivity contribution in [1.29, 1.82) is 0 Å². The summed E-state index contributed by atoms with van der Waals surface area (Å²) in [6.07, 6.45) is 4.29. The molecular formula is C10H19N3O2. The first-order valence-electron chi connectivity index (χ1n) is 5.35. The maximum atomic E-state index is 11.6. The van der Waals surface area contributed by atoms with Gasteiger partial charge in [0.2, 0.25) is 0 Å². The minimum absolute atomic E-state index is 0.295. The standard InChI is InChI=1S/C10H19N3O2/c1-13(2)10(14)9(12-15)8(11)6-7-4-3-5-7/h7-9H,3-6,11H2,1-2H3. The summed E-state index contributed by atoms with van der Waals surface area (Å²) in [5, 5.41) is 2.85. The Balaban J connectivity index is 2.48. The lowest BCUT2D eigenvalue weighted by Crippen LogP contribution is -2.46. The van der Waals surface area contributed by atoms with E-state index in [1.54, 1.807) is 14.1 Å². The highest BCUT2D eigenvalue weighted by molar-refractivity contribution is 5.82. The molecule has 1 aliphatic carbocycles. The number of likely N-dealkylation sites (N-methyl/N-ethyl adjacent to an activating group) is 1. The molecule has 0 radical (unpaired) electrons. The van der Waals surface area contributed by atoms with Crippen LogP contribution in [0.25, 0.3) is 0 Å². The first-order valence-corrected chi connectivity index (χ1v) is 5.35. The zero-order chi connectivity index (χ0) is 11.4. The number of rotatable bonds is 5. The molecule has 5 nitrogen and oxygen atoms in total. The third-order valence-corrected chi connectivity index (χ3v) is 3.04. The van der Waals surface area contributed by atoms with Gasteiger partial charge in [-0.25, -0.2) is 0 Å².